The molecule has 124 valence electrons. The Morgan fingerprint density at radius 1 is 1.22 bits per heavy atom. The SMILES string of the molecule is CC1CC1C(=O)NCC1(c2ccc3c(c2)OCCO3)CCCC1. The molecule has 23 heavy (non-hydrogen) atoms. The lowest BCUT2D eigenvalue weighted by Crippen LogP contribution is -2.39. The molecule has 1 amide bonds. The quantitative estimate of drug-likeness (QED) is 0.929. The molecule has 1 aromatic rings. The summed E-state index contributed by atoms with van der Waals surface area (Å²) in [4.78, 5) is 12.2. The van der Waals surface area contributed by atoms with Gasteiger partial charge in [-0.2, -0.15) is 0 Å². The molecular formula is C19H25NO3. The highest BCUT2D eigenvalue weighted by Gasteiger charge is 2.41. The minimum absolute atomic E-state index is 0.0592. The Hall–Kier alpha value is -1.71. The summed E-state index contributed by atoms with van der Waals surface area (Å²) in [5, 5.41) is 3.23. The van der Waals surface area contributed by atoms with Crippen molar-refractivity contribution in [3.05, 3.63) is 23.8 Å². The molecule has 0 aromatic heterocycles. The lowest BCUT2D eigenvalue weighted by Gasteiger charge is -2.31. The predicted molar refractivity (Wildman–Crippen MR) is 87.9 cm³/mol. The highest BCUT2D eigenvalue weighted by molar-refractivity contribution is 5.81. The van der Waals surface area contributed by atoms with E-state index >= 15 is 0 Å². The molecule has 0 radical (unpaired) electrons. The van der Waals surface area contributed by atoms with Crippen molar-refractivity contribution in [1.29, 1.82) is 0 Å². The van der Waals surface area contributed by atoms with Gasteiger partial charge in [0.1, 0.15) is 13.2 Å². The van der Waals surface area contributed by atoms with Gasteiger partial charge in [-0.05, 0) is 42.9 Å². The molecule has 1 aliphatic heterocycles. The number of hydrogen-bond acceptors (Lipinski definition) is 3. The van der Waals surface area contributed by atoms with Gasteiger partial charge in [0, 0.05) is 17.9 Å². The second kappa shape index (κ2) is 5.73. The molecular weight excluding hydrogens is 290 g/mol. The van der Waals surface area contributed by atoms with Crippen LogP contribution in [0.25, 0.3) is 0 Å². The zero-order valence-corrected chi connectivity index (χ0v) is 13.8. The smallest absolute Gasteiger partial charge is 0.223 e. The fourth-order valence-corrected chi connectivity index (χ4v) is 4.07. The molecule has 2 unspecified atom stereocenters. The maximum Gasteiger partial charge on any atom is 0.223 e. The highest BCUT2D eigenvalue weighted by Crippen LogP contribution is 2.44. The van der Waals surface area contributed by atoms with E-state index in [9.17, 15) is 4.79 Å². The van der Waals surface area contributed by atoms with Gasteiger partial charge in [-0.25, -0.2) is 0 Å². The fourth-order valence-electron chi connectivity index (χ4n) is 4.07. The Bertz CT molecular complexity index is 607. The average Bonchev–Trinajstić information content (AvgIpc) is 3.12. The van der Waals surface area contributed by atoms with E-state index in [1.807, 2.05) is 6.07 Å². The Morgan fingerprint density at radius 3 is 2.61 bits per heavy atom. The number of ether oxygens (including phenoxy) is 2. The van der Waals surface area contributed by atoms with Crippen LogP contribution in [-0.2, 0) is 10.2 Å². The van der Waals surface area contributed by atoms with Crippen LogP contribution in [0.1, 0.15) is 44.6 Å². The van der Waals surface area contributed by atoms with Gasteiger partial charge in [-0.15, -0.1) is 0 Å². The van der Waals surface area contributed by atoms with E-state index in [-0.39, 0.29) is 17.2 Å². The molecule has 3 aliphatic rings. The van der Waals surface area contributed by atoms with Gasteiger partial charge in [-0.1, -0.05) is 25.8 Å². The van der Waals surface area contributed by atoms with Crippen molar-refractivity contribution in [2.45, 2.75) is 44.4 Å². The van der Waals surface area contributed by atoms with Crippen molar-refractivity contribution in [3.8, 4) is 11.5 Å². The number of benzene rings is 1. The molecule has 2 saturated carbocycles. The normalized spacial score (nSPS) is 27.5. The van der Waals surface area contributed by atoms with Crippen molar-refractivity contribution in [2.75, 3.05) is 19.8 Å². The molecule has 2 fully saturated rings. The summed E-state index contributed by atoms with van der Waals surface area (Å²) >= 11 is 0. The van der Waals surface area contributed by atoms with Crippen LogP contribution in [0.15, 0.2) is 18.2 Å². The van der Waals surface area contributed by atoms with E-state index in [2.05, 4.69) is 24.4 Å². The lowest BCUT2D eigenvalue weighted by atomic mass is 9.78. The van der Waals surface area contributed by atoms with Gasteiger partial charge in [0.15, 0.2) is 11.5 Å². The molecule has 2 atom stereocenters. The van der Waals surface area contributed by atoms with Crippen LogP contribution in [0.5, 0.6) is 11.5 Å². The van der Waals surface area contributed by atoms with E-state index < -0.39 is 0 Å². The highest BCUT2D eigenvalue weighted by atomic mass is 16.6. The summed E-state index contributed by atoms with van der Waals surface area (Å²) in [7, 11) is 0. The van der Waals surface area contributed by atoms with Crippen LogP contribution < -0.4 is 14.8 Å². The van der Waals surface area contributed by atoms with Crippen LogP contribution in [0, 0.1) is 11.8 Å². The first kappa shape index (κ1) is 14.9. The zero-order chi connectivity index (χ0) is 15.9. The maximum atomic E-state index is 12.2. The summed E-state index contributed by atoms with van der Waals surface area (Å²) in [6.07, 6.45) is 5.76. The zero-order valence-electron chi connectivity index (χ0n) is 13.8. The molecule has 0 bridgehead atoms. The van der Waals surface area contributed by atoms with Crippen LogP contribution in [0.2, 0.25) is 0 Å². The topological polar surface area (TPSA) is 47.6 Å². The van der Waals surface area contributed by atoms with Gasteiger partial charge >= 0.3 is 0 Å². The number of nitrogens with one attached hydrogen (secondary N) is 1. The van der Waals surface area contributed by atoms with Crippen molar-refractivity contribution < 1.29 is 14.3 Å². The van der Waals surface area contributed by atoms with Gasteiger partial charge < -0.3 is 14.8 Å². The molecule has 4 nitrogen and oxygen atoms in total. The Kier molecular flexibility index (Phi) is 3.70. The summed E-state index contributed by atoms with van der Waals surface area (Å²) in [6.45, 7) is 4.12. The molecule has 2 aliphatic carbocycles. The number of carbonyl (C=O) groups is 1. The minimum Gasteiger partial charge on any atom is -0.486 e. The third-order valence-electron chi connectivity index (χ3n) is 5.76. The predicted octanol–water partition coefficient (Wildman–Crippen LogP) is 3.04. The van der Waals surface area contributed by atoms with E-state index in [1.165, 1.54) is 18.4 Å². The minimum atomic E-state index is 0.0592. The molecule has 4 heteroatoms. The summed E-state index contributed by atoms with van der Waals surface area (Å²) < 4.78 is 11.4. The third kappa shape index (κ3) is 2.79. The number of hydrogen-bond donors (Lipinski definition) is 1. The van der Waals surface area contributed by atoms with Gasteiger partial charge in [0.05, 0.1) is 0 Å². The second-order valence-corrected chi connectivity index (χ2v) is 7.38. The van der Waals surface area contributed by atoms with E-state index in [0.717, 1.165) is 37.3 Å². The van der Waals surface area contributed by atoms with E-state index in [0.29, 0.717) is 19.1 Å². The van der Waals surface area contributed by atoms with Crippen molar-refractivity contribution in [2.24, 2.45) is 11.8 Å². The largest absolute Gasteiger partial charge is 0.486 e. The molecule has 1 N–H and O–H groups in total. The van der Waals surface area contributed by atoms with Crippen LogP contribution >= 0.6 is 0 Å². The van der Waals surface area contributed by atoms with Gasteiger partial charge in [0.25, 0.3) is 0 Å². The second-order valence-electron chi connectivity index (χ2n) is 7.38. The van der Waals surface area contributed by atoms with Crippen molar-refractivity contribution in [1.82, 2.24) is 5.32 Å². The lowest BCUT2D eigenvalue weighted by molar-refractivity contribution is -0.122. The van der Waals surface area contributed by atoms with Gasteiger partial charge in [0.2, 0.25) is 5.91 Å². The summed E-state index contributed by atoms with van der Waals surface area (Å²) in [5.74, 6) is 2.73. The number of fused-ring (bicyclic) bond motifs is 1. The van der Waals surface area contributed by atoms with Crippen LogP contribution in [0.3, 0.4) is 0 Å². The monoisotopic (exact) mass is 315 g/mol. The van der Waals surface area contributed by atoms with Crippen molar-refractivity contribution >= 4 is 5.91 Å². The van der Waals surface area contributed by atoms with Crippen LogP contribution in [0.4, 0.5) is 0 Å². The fraction of sp³-hybridized carbons (Fsp3) is 0.632. The standard InChI is InChI=1S/C19H25NO3/c1-13-10-15(13)18(21)20-12-19(6-2-3-7-19)14-4-5-16-17(11-14)23-9-8-22-16/h4-5,11,13,15H,2-3,6-10,12H2,1H3,(H,20,21). The molecule has 1 heterocycles. The van der Waals surface area contributed by atoms with Crippen LogP contribution in [-0.4, -0.2) is 25.7 Å². The third-order valence-corrected chi connectivity index (χ3v) is 5.76. The van der Waals surface area contributed by atoms with Crippen molar-refractivity contribution in [3.63, 3.8) is 0 Å². The first-order valence-electron chi connectivity index (χ1n) is 8.86. The Balaban J connectivity index is 1.53. The Morgan fingerprint density at radius 2 is 1.91 bits per heavy atom. The summed E-state index contributed by atoms with van der Waals surface area (Å²) in [5.41, 5.74) is 1.34. The Labute approximate surface area is 137 Å². The molecule has 0 spiro atoms. The molecule has 4 rings (SSSR count). The number of carbonyl (C=O) groups excluding carboxylic acids is 1. The van der Waals surface area contributed by atoms with E-state index in [4.69, 9.17) is 9.47 Å². The van der Waals surface area contributed by atoms with E-state index in [1.54, 1.807) is 0 Å². The number of amides is 1. The first-order valence-corrected chi connectivity index (χ1v) is 8.86. The average molecular weight is 315 g/mol. The van der Waals surface area contributed by atoms with Gasteiger partial charge in [-0.3, -0.25) is 4.79 Å². The first-order chi connectivity index (χ1) is 11.2. The summed E-state index contributed by atoms with van der Waals surface area (Å²) in [6, 6.07) is 6.31. The molecule has 1 aromatic carbocycles. The molecule has 0 saturated heterocycles. The maximum absolute atomic E-state index is 12.2. The number of rotatable bonds is 4.